The van der Waals surface area contributed by atoms with Gasteiger partial charge in [-0.25, -0.2) is 4.79 Å². The lowest BCUT2D eigenvalue weighted by molar-refractivity contribution is 0.0695. The summed E-state index contributed by atoms with van der Waals surface area (Å²) in [6, 6.07) is 7.62. The van der Waals surface area contributed by atoms with Gasteiger partial charge in [0.25, 0.3) is 5.91 Å². The van der Waals surface area contributed by atoms with Gasteiger partial charge >= 0.3 is 5.97 Å². The molecule has 0 aliphatic heterocycles. The Morgan fingerprint density at radius 1 is 1.30 bits per heavy atom. The number of fused-ring (bicyclic) bond motifs is 1. The van der Waals surface area contributed by atoms with Crippen molar-refractivity contribution in [1.29, 1.82) is 0 Å². The summed E-state index contributed by atoms with van der Waals surface area (Å²) in [4.78, 5) is 35.6. The van der Waals surface area contributed by atoms with Gasteiger partial charge in [-0.2, -0.15) is 0 Å². The van der Waals surface area contributed by atoms with Gasteiger partial charge in [0.15, 0.2) is 11.5 Å². The van der Waals surface area contributed by atoms with E-state index < -0.39 is 17.3 Å². The number of ketones is 1. The molecule has 7 heteroatoms. The van der Waals surface area contributed by atoms with Crippen LogP contribution in [0.2, 0.25) is 0 Å². The lowest BCUT2D eigenvalue weighted by Gasteiger charge is -2.26. The number of benzene rings is 1. The van der Waals surface area contributed by atoms with Crippen molar-refractivity contribution >= 4 is 17.7 Å². The Morgan fingerprint density at radius 3 is 2.81 bits per heavy atom. The molecule has 1 aromatic heterocycles. The molecule has 0 fully saturated rings. The molecule has 27 heavy (non-hydrogen) atoms. The van der Waals surface area contributed by atoms with Gasteiger partial charge < -0.3 is 19.6 Å². The van der Waals surface area contributed by atoms with Crippen LogP contribution >= 0.6 is 0 Å². The van der Waals surface area contributed by atoms with Crippen LogP contribution in [0.5, 0.6) is 5.75 Å². The van der Waals surface area contributed by atoms with Gasteiger partial charge in [0.05, 0.1) is 17.7 Å². The number of ether oxygens (including phenoxy) is 1. The quantitative estimate of drug-likeness (QED) is 0.756. The predicted molar refractivity (Wildman–Crippen MR) is 96.4 cm³/mol. The number of Topliss-reactive ketones (excluding diaryl/α,β-unsaturated/α-hetero) is 1. The van der Waals surface area contributed by atoms with Crippen LogP contribution in [0.25, 0.3) is 0 Å². The highest BCUT2D eigenvalue weighted by molar-refractivity contribution is 6.04. The van der Waals surface area contributed by atoms with Crippen molar-refractivity contribution in [2.24, 2.45) is 5.41 Å². The number of carbonyl (C=O) groups is 3. The summed E-state index contributed by atoms with van der Waals surface area (Å²) in [5.41, 5.74) is 0.173. The largest absolute Gasteiger partial charge is 0.492 e. The number of aryl methyl sites for hydroxylation is 1. The lowest BCUT2D eigenvalue weighted by Crippen LogP contribution is -2.29. The predicted octanol–water partition coefficient (Wildman–Crippen LogP) is 2.94. The zero-order valence-corrected chi connectivity index (χ0v) is 15.2. The van der Waals surface area contributed by atoms with Crippen LogP contribution in [0.1, 0.15) is 57.3 Å². The zero-order valence-electron chi connectivity index (χ0n) is 15.2. The molecule has 1 amide bonds. The van der Waals surface area contributed by atoms with E-state index in [0.29, 0.717) is 29.9 Å². The maximum absolute atomic E-state index is 12.4. The van der Waals surface area contributed by atoms with Crippen LogP contribution < -0.4 is 10.1 Å². The van der Waals surface area contributed by atoms with E-state index in [4.69, 9.17) is 14.3 Å². The molecule has 0 saturated carbocycles. The second-order valence-corrected chi connectivity index (χ2v) is 7.10. The first-order valence-electron chi connectivity index (χ1n) is 8.70. The Bertz CT molecular complexity index is 896. The fraction of sp³-hybridized carbons (Fsp3) is 0.350. The molecule has 0 bridgehead atoms. The zero-order chi connectivity index (χ0) is 19.6. The summed E-state index contributed by atoms with van der Waals surface area (Å²) in [5.74, 6) is -0.380. The topological polar surface area (TPSA) is 106 Å². The molecule has 142 valence electrons. The second-order valence-electron chi connectivity index (χ2n) is 7.10. The monoisotopic (exact) mass is 371 g/mol. The first kappa shape index (κ1) is 18.7. The minimum Gasteiger partial charge on any atom is -0.492 e. The maximum atomic E-state index is 12.4. The summed E-state index contributed by atoms with van der Waals surface area (Å²) in [7, 11) is 0. The molecule has 0 spiro atoms. The Hall–Kier alpha value is -3.09. The average Bonchev–Trinajstić information content (AvgIpc) is 3.07. The molecule has 1 heterocycles. The number of furan rings is 1. The fourth-order valence-electron chi connectivity index (χ4n) is 2.96. The van der Waals surface area contributed by atoms with Gasteiger partial charge in [-0.1, -0.05) is 19.9 Å². The van der Waals surface area contributed by atoms with Crippen LogP contribution in [-0.4, -0.2) is 35.9 Å². The molecule has 0 radical (unpaired) electrons. The van der Waals surface area contributed by atoms with Crippen molar-refractivity contribution in [3.05, 3.63) is 53.0 Å². The van der Waals surface area contributed by atoms with Gasteiger partial charge in [0, 0.05) is 17.9 Å². The van der Waals surface area contributed by atoms with Gasteiger partial charge in [-0.05, 0) is 24.6 Å². The van der Waals surface area contributed by atoms with E-state index in [9.17, 15) is 14.4 Å². The summed E-state index contributed by atoms with van der Waals surface area (Å²) >= 11 is 0. The maximum Gasteiger partial charge on any atom is 0.335 e. The highest BCUT2D eigenvalue weighted by Crippen LogP contribution is 2.36. The number of hydrogen-bond donors (Lipinski definition) is 2. The Balaban J connectivity index is 1.54. The van der Waals surface area contributed by atoms with E-state index in [0.717, 1.165) is 0 Å². The van der Waals surface area contributed by atoms with E-state index in [1.54, 1.807) is 12.1 Å². The SMILES string of the molecule is CC1(C)CCc2oc(C(=O)NCCOc3cccc(C(=O)O)c3)cc2C1=O. The minimum absolute atomic E-state index is 0.00630. The first-order valence-corrected chi connectivity index (χ1v) is 8.70. The average molecular weight is 371 g/mol. The molecule has 0 saturated heterocycles. The van der Waals surface area contributed by atoms with Crippen LogP contribution in [0, 0.1) is 5.41 Å². The number of aromatic carboxylic acids is 1. The fourth-order valence-corrected chi connectivity index (χ4v) is 2.96. The normalized spacial score (nSPS) is 15.1. The van der Waals surface area contributed by atoms with Gasteiger partial charge in [0.2, 0.25) is 0 Å². The third-order valence-corrected chi connectivity index (χ3v) is 4.61. The molecule has 2 aromatic rings. The van der Waals surface area contributed by atoms with E-state index in [1.807, 2.05) is 13.8 Å². The van der Waals surface area contributed by atoms with Gasteiger partial charge in [0.1, 0.15) is 18.1 Å². The minimum atomic E-state index is -1.03. The summed E-state index contributed by atoms with van der Waals surface area (Å²) in [6.07, 6.45) is 1.32. The lowest BCUT2D eigenvalue weighted by atomic mass is 9.75. The number of carboxylic acid groups (broad SMARTS) is 1. The molecular formula is C20H21NO6. The molecule has 1 aliphatic carbocycles. The first-order chi connectivity index (χ1) is 12.8. The summed E-state index contributed by atoms with van der Waals surface area (Å²) in [6.45, 7) is 4.16. The third-order valence-electron chi connectivity index (χ3n) is 4.61. The number of carboxylic acids is 1. The number of amides is 1. The molecule has 1 aliphatic rings. The van der Waals surface area contributed by atoms with Crippen LogP contribution in [0.15, 0.2) is 34.7 Å². The van der Waals surface area contributed by atoms with Crippen LogP contribution in [0.4, 0.5) is 0 Å². The molecular weight excluding hydrogens is 350 g/mol. The van der Waals surface area contributed by atoms with Crippen LogP contribution in [-0.2, 0) is 6.42 Å². The van der Waals surface area contributed by atoms with Gasteiger partial charge in [-0.3, -0.25) is 9.59 Å². The summed E-state index contributed by atoms with van der Waals surface area (Å²) < 4.78 is 11.0. The van der Waals surface area contributed by atoms with Crippen molar-refractivity contribution in [1.82, 2.24) is 5.32 Å². The molecule has 0 unspecified atom stereocenters. The van der Waals surface area contributed by atoms with Crippen molar-refractivity contribution < 1.29 is 28.6 Å². The Kier molecular flexibility index (Phi) is 5.03. The second kappa shape index (κ2) is 7.26. The van der Waals surface area contributed by atoms with Gasteiger partial charge in [-0.15, -0.1) is 0 Å². The third kappa shape index (κ3) is 4.02. The number of nitrogens with one attached hydrogen (secondary N) is 1. The van der Waals surface area contributed by atoms with E-state index in [1.165, 1.54) is 18.2 Å². The molecule has 1 aromatic carbocycles. The highest BCUT2D eigenvalue weighted by atomic mass is 16.5. The van der Waals surface area contributed by atoms with Crippen LogP contribution in [0.3, 0.4) is 0 Å². The molecule has 2 N–H and O–H groups in total. The molecule has 7 nitrogen and oxygen atoms in total. The molecule has 3 rings (SSSR count). The number of rotatable bonds is 6. The number of carbonyl (C=O) groups excluding carboxylic acids is 2. The highest BCUT2D eigenvalue weighted by Gasteiger charge is 2.37. The van der Waals surface area contributed by atoms with E-state index in [-0.39, 0.29) is 30.3 Å². The smallest absolute Gasteiger partial charge is 0.335 e. The van der Waals surface area contributed by atoms with Crippen molar-refractivity contribution in [2.75, 3.05) is 13.2 Å². The van der Waals surface area contributed by atoms with Crippen molar-refractivity contribution in [3.8, 4) is 5.75 Å². The van der Waals surface area contributed by atoms with Crippen molar-refractivity contribution in [2.45, 2.75) is 26.7 Å². The summed E-state index contributed by atoms with van der Waals surface area (Å²) in [5, 5.41) is 11.6. The van der Waals surface area contributed by atoms with E-state index in [2.05, 4.69) is 5.32 Å². The molecule has 0 atom stereocenters. The standard InChI is InChI=1S/C20H21NO6/c1-20(2)7-6-15-14(17(20)22)11-16(27-15)18(23)21-8-9-26-13-5-3-4-12(10-13)19(24)25/h3-5,10-11H,6-9H2,1-2H3,(H,21,23)(H,24,25). The number of hydrogen-bond acceptors (Lipinski definition) is 5. The van der Waals surface area contributed by atoms with Crippen molar-refractivity contribution in [3.63, 3.8) is 0 Å². The van der Waals surface area contributed by atoms with E-state index >= 15 is 0 Å². The Morgan fingerprint density at radius 2 is 2.07 bits per heavy atom. The Labute approximate surface area is 156 Å².